The van der Waals surface area contributed by atoms with Crippen LogP contribution in [-0.2, 0) is 0 Å². The highest BCUT2D eigenvalue weighted by atomic mass is 16.5. The summed E-state index contributed by atoms with van der Waals surface area (Å²) in [7, 11) is 1.62. The van der Waals surface area contributed by atoms with Crippen LogP contribution in [0.2, 0.25) is 0 Å². The second-order valence-corrected chi connectivity index (χ2v) is 4.70. The molecule has 4 heteroatoms. The SMILES string of the molecule is COc1ccc(C#CCNC(=O)Nc2ccc(C)cc2)cc1. The van der Waals surface area contributed by atoms with E-state index in [2.05, 4.69) is 22.5 Å². The van der Waals surface area contributed by atoms with Crippen molar-refractivity contribution in [1.82, 2.24) is 5.32 Å². The van der Waals surface area contributed by atoms with Gasteiger partial charge in [-0.15, -0.1) is 0 Å². The van der Waals surface area contributed by atoms with Crippen molar-refractivity contribution in [1.29, 1.82) is 0 Å². The first kappa shape index (κ1) is 15.5. The Hall–Kier alpha value is -2.93. The minimum atomic E-state index is -0.270. The lowest BCUT2D eigenvalue weighted by molar-refractivity contribution is 0.253. The van der Waals surface area contributed by atoms with E-state index in [1.807, 2.05) is 55.5 Å². The number of carbonyl (C=O) groups excluding carboxylic acids is 1. The van der Waals surface area contributed by atoms with Crippen LogP contribution >= 0.6 is 0 Å². The highest BCUT2D eigenvalue weighted by Crippen LogP contribution is 2.10. The van der Waals surface area contributed by atoms with E-state index in [1.165, 1.54) is 0 Å². The number of amides is 2. The van der Waals surface area contributed by atoms with Crippen LogP contribution in [0.3, 0.4) is 0 Å². The first-order valence-corrected chi connectivity index (χ1v) is 6.92. The van der Waals surface area contributed by atoms with Gasteiger partial charge in [0.15, 0.2) is 0 Å². The molecule has 2 N–H and O–H groups in total. The van der Waals surface area contributed by atoms with Crippen LogP contribution in [0, 0.1) is 18.8 Å². The van der Waals surface area contributed by atoms with Crippen molar-refractivity contribution < 1.29 is 9.53 Å². The predicted octanol–water partition coefficient (Wildman–Crippen LogP) is 3.18. The van der Waals surface area contributed by atoms with Gasteiger partial charge in [0.05, 0.1) is 13.7 Å². The zero-order valence-electron chi connectivity index (χ0n) is 12.6. The number of aryl methyl sites for hydroxylation is 1. The molecular weight excluding hydrogens is 276 g/mol. The second-order valence-electron chi connectivity index (χ2n) is 4.70. The Kier molecular flexibility index (Phi) is 5.44. The van der Waals surface area contributed by atoms with Gasteiger partial charge in [0.2, 0.25) is 0 Å². The standard InChI is InChI=1S/C18H18N2O2/c1-14-5-9-16(10-6-14)20-18(21)19-13-3-4-15-7-11-17(22-2)12-8-15/h5-12H,13H2,1-2H3,(H2,19,20,21). The Bertz CT molecular complexity index is 680. The summed E-state index contributed by atoms with van der Waals surface area (Å²) >= 11 is 0. The molecule has 112 valence electrons. The molecule has 0 atom stereocenters. The summed E-state index contributed by atoms with van der Waals surface area (Å²) in [6.45, 7) is 2.28. The lowest BCUT2D eigenvalue weighted by Gasteiger charge is -2.05. The molecule has 0 saturated carbocycles. The fourth-order valence-electron chi connectivity index (χ4n) is 1.76. The highest BCUT2D eigenvalue weighted by Gasteiger charge is 1.98. The summed E-state index contributed by atoms with van der Waals surface area (Å²) in [5.74, 6) is 6.67. The Labute approximate surface area is 130 Å². The maximum Gasteiger partial charge on any atom is 0.319 e. The fourth-order valence-corrected chi connectivity index (χ4v) is 1.76. The van der Waals surface area contributed by atoms with Crippen LogP contribution in [0.25, 0.3) is 0 Å². The minimum Gasteiger partial charge on any atom is -0.497 e. The molecule has 2 rings (SSSR count). The number of hydrogen-bond acceptors (Lipinski definition) is 2. The molecule has 0 radical (unpaired) electrons. The summed E-state index contributed by atoms with van der Waals surface area (Å²) < 4.78 is 5.08. The average Bonchev–Trinajstić information content (AvgIpc) is 2.54. The van der Waals surface area contributed by atoms with Crippen molar-refractivity contribution >= 4 is 11.7 Å². The van der Waals surface area contributed by atoms with E-state index in [-0.39, 0.29) is 12.6 Å². The van der Waals surface area contributed by atoms with Crippen molar-refractivity contribution in [2.75, 3.05) is 19.0 Å². The molecule has 2 aromatic rings. The zero-order valence-corrected chi connectivity index (χ0v) is 12.6. The Morgan fingerprint density at radius 3 is 2.41 bits per heavy atom. The van der Waals surface area contributed by atoms with Gasteiger partial charge in [-0.25, -0.2) is 4.79 Å². The summed E-state index contributed by atoms with van der Waals surface area (Å²) in [5, 5.41) is 5.44. The maximum absolute atomic E-state index is 11.7. The Balaban J connectivity index is 1.79. The highest BCUT2D eigenvalue weighted by molar-refractivity contribution is 5.89. The van der Waals surface area contributed by atoms with Gasteiger partial charge < -0.3 is 15.4 Å². The molecule has 2 aromatic carbocycles. The topological polar surface area (TPSA) is 50.4 Å². The number of ether oxygens (including phenoxy) is 1. The predicted molar refractivity (Wildman–Crippen MR) is 88.1 cm³/mol. The van der Waals surface area contributed by atoms with E-state index in [0.717, 1.165) is 22.6 Å². The molecule has 0 fully saturated rings. The maximum atomic E-state index is 11.7. The van der Waals surface area contributed by atoms with Crippen molar-refractivity contribution in [2.24, 2.45) is 0 Å². The largest absolute Gasteiger partial charge is 0.497 e. The van der Waals surface area contributed by atoms with E-state index >= 15 is 0 Å². The van der Waals surface area contributed by atoms with Gasteiger partial charge in [-0.3, -0.25) is 0 Å². The molecule has 0 bridgehead atoms. The normalized spacial score (nSPS) is 9.36. The number of rotatable bonds is 3. The van der Waals surface area contributed by atoms with Crippen molar-refractivity contribution in [3.63, 3.8) is 0 Å². The third-order valence-corrected chi connectivity index (χ3v) is 2.97. The molecule has 4 nitrogen and oxygen atoms in total. The van der Waals surface area contributed by atoms with E-state index in [4.69, 9.17) is 4.74 Å². The molecule has 0 aliphatic heterocycles. The van der Waals surface area contributed by atoms with Crippen molar-refractivity contribution in [3.05, 3.63) is 59.7 Å². The number of carbonyl (C=O) groups is 1. The fraction of sp³-hybridized carbons (Fsp3) is 0.167. The zero-order chi connectivity index (χ0) is 15.8. The summed E-state index contributed by atoms with van der Waals surface area (Å²) in [5.41, 5.74) is 2.78. The Morgan fingerprint density at radius 2 is 1.77 bits per heavy atom. The van der Waals surface area contributed by atoms with E-state index in [1.54, 1.807) is 7.11 Å². The molecule has 0 heterocycles. The van der Waals surface area contributed by atoms with E-state index in [9.17, 15) is 4.79 Å². The van der Waals surface area contributed by atoms with Gasteiger partial charge in [-0.1, -0.05) is 29.5 Å². The molecule has 22 heavy (non-hydrogen) atoms. The summed E-state index contributed by atoms with van der Waals surface area (Å²) in [6.07, 6.45) is 0. The first-order valence-electron chi connectivity index (χ1n) is 6.92. The lowest BCUT2D eigenvalue weighted by atomic mass is 10.2. The average molecular weight is 294 g/mol. The van der Waals surface area contributed by atoms with Crippen LogP contribution in [0.5, 0.6) is 5.75 Å². The number of nitrogens with one attached hydrogen (secondary N) is 2. The quantitative estimate of drug-likeness (QED) is 0.854. The number of hydrogen-bond donors (Lipinski definition) is 2. The number of anilines is 1. The van der Waals surface area contributed by atoms with Crippen LogP contribution in [-0.4, -0.2) is 19.7 Å². The molecule has 0 unspecified atom stereocenters. The third-order valence-electron chi connectivity index (χ3n) is 2.97. The molecule has 0 aliphatic rings. The molecular formula is C18H18N2O2. The summed E-state index contributed by atoms with van der Waals surface area (Å²) in [6, 6.07) is 14.8. The van der Waals surface area contributed by atoms with Crippen LogP contribution < -0.4 is 15.4 Å². The molecule has 0 aromatic heterocycles. The van der Waals surface area contributed by atoms with Crippen molar-refractivity contribution in [2.45, 2.75) is 6.92 Å². The van der Waals surface area contributed by atoms with E-state index < -0.39 is 0 Å². The third kappa shape index (κ3) is 4.88. The monoisotopic (exact) mass is 294 g/mol. The van der Waals surface area contributed by atoms with Gasteiger partial charge in [0, 0.05) is 11.3 Å². The number of methoxy groups -OCH3 is 1. The van der Waals surface area contributed by atoms with Gasteiger partial charge in [0.1, 0.15) is 5.75 Å². The van der Waals surface area contributed by atoms with Gasteiger partial charge >= 0.3 is 6.03 Å². The van der Waals surface area contributed by atoms with Gasteiger partial charge in [-0.05, 0) is 43.3 Å². The van der Waals surface area contributed by atoms with Crippen LogP contribution in [0.4, 0.5) is 10.5 Å². The Morgan fingerprint density at radius 1 is 1.09 bits per heavy atom. The summed E-state index contributed by atoms with van der Waals surface area (Å²) in [4.78, 5) is 11.7. The van der Waals surface area contributed by atoms with Crippen LogP contribution in [0.15, 0.2) is 48.5 Å². The molecule has 0 spiro atoms. The van der Waals surface area contributed by atoms with Gasteiger partial charge in [-0.2, -0.15) is 0 Å². The molecule has 2 amide bonds. The lowest BCUT2D eigenvalue weighted by Crippen LogP contribution is -2.28. The van der Waals surface area contributed by atoms with Gasteiger partial charge in [0.25, 0.3) is 0 Å². The number of urea groups is 1. The number of benzene rings is 2. The second kappa shape index (κ2) is 7.75. The van der Waals surface area contributed by atoms with Crippen molar-refractivity contribution in [3.8, 4) is 17.6 Å². The van der Waals surface area contributed by atoms with E-state index in [0.29, 0.717) is 0 Å². The first-order chi connectivity index (χ1) is 10.7. The smallest absolute Gasteiger partial charge is 0.319 e. The minimum absolute atomic E-state index is 0.270. The molecule has 0 aliphatic carbocycles. The van der Waals surface area contributed by atoms with Crippen LogP contribution in [0.1, 0.15) is 11.1 Å². The molecule has 0 saturated heterocycles.